The number of amides is 1. The molecule has 0 unspecified atom stereocenters. The number of hydrogen-bond donors (Lipinski definition) is 2. The Hall–Kier alpha value is -1.99. The fraction of sp³-hybridized carbons (Fsp3) is 0.318. The molecule has 146 valence electrons. The number of carbonyl (C=O) groups excluding carboxylic acids is 1. The molecule has 1 aromatic carbocycles. The maximum absolute atomic E-state index is 13.4. The van der Waals surface area contributed by atoms with Crippen LogP contribution in [0.3, 0.4) is 0 Å². The van der Waals surface area contributed by atoms with Crippen molar-refractivity contribution < 1.29 is 14.6 Å². The zero-order valence-electron chi connectivity index (χ0n) is 15.5. The summed E-state index contributed by atoms with van der Waals surface area (Å²) in [6, 6.07) is 15.7. The summed E-state index contributed by atoms with van der Waals surface area (Å²) in [5, 5.41) is 20.4. The van der Waals surface area contributed by atoms with Crippen molar-refractivity contribution in [2.24, 2.45) is 0 Å². The molecule has 0 spiro atoms. The lowest BCUT2D eigenvalue weighted by molar-refractivity contribution is -0.131. The first-order valence-electron chi connectivity index (χ1n) is 9.36. The van der Waals surface area contributed by atoms with Crippen LogP contribution in [0, 0.1) is 0 Å². The van der Waals surface area contributed by atoms with Crippen molar-refractivity contribution in [2.75, 3.05) is 19.8 Å². The van der Waals surface area contributed by atoms with E-state index in [1.807, 2.05) is 64.7 Å². The average molecular weight is 414 g/mol. The highest BCUT2D eigenvalue weighted by Gasteiger charge is 2.43. The average Bonchev–Trinajstić information content (AvgIpc) is 3.48. The summed E-state index contributed by atoms with van der Waals surface area (Å²) >= 11 is 3.03. The Balaban J connectivity index is 1.61. The van der Waals surface area contributed by atoms with Gasteiger partial charge in [-0.1, -0.05) is 36.4 Å². The molecule has 3 aromatic rings. The molecule has 2 aromatic heterocycles. The zero-order valence-corrected chi connectivity index (χ0v) is 17.1. The van der Waals surface area contributed by atoms with Gasteiger partial charge in [0.05, 0.1) is 12.0 Å². The fourth-order valence-electron chi connectivity index (χ4n) is 3.85. The molecule has 1 saturated heterocycles. The summed E-state index contributed by atoms with van der Waals surface area (Å²) in [7, 11) is 0. The summed E-state index contributed by atoms with van der Waals surface area (Å²) in [6.07, 6.45) is 1.28. The van der Waals surface area contributed by atoms with Crippen LogP contribution < -0.4 is 5.32 Å². The highest BCUT2D eigenvalue weighted by molar-refractivity contribution is 7.10. The summed E-state index contributed by atoms with van der Waals surface area (Å²) in [5.74, 6) is -0.0489. The van der Waals surface area contributed by atoms with Crippen LogP contribution in [-0.2, 0) is 20.5 Å². The third-order valence-electron chi connectivity index (χ3n) is 5.54. The molecule has 1 fully saturated rings. The van der Waals surface area contributed by atoms with Crippen molar-refractivity contribution in [3.8, 4) is 0 Å². The molecule has 28 heavy (non-hydrogen) atoms. The topological polar surface area (TPSA) is 58.6 Å². The molecule has 0 radical (unpaired) electrons. The quantitative estimate of drug-likeness (QED) is 0.644. The van der Waals surface area contributed by atoms with Gasteiger partial charge in [-0.15, -0.1) is 11.3 Å². The van der Waals surface area contributed by atoms with Crippen molar-refractivity contribution in [3.63, 3.8) is 0 Å². The van der Waals surface area contributed by atoms with Gasteiger partial charge in [0, 0.05) is 23.7 Å². The molecule has 0 bridgehead atoms. The van der Waals surface area contributed by atoms with Crippen LogP contribution in [0.2, 0.25) is 0 Å². The second-order valence-corrected chi connectivity index (χ2v) is 8.82. The van der Waals surface area contributed by atoms with Crippen molar-refractivity contribution in [3.05, 3.63) is 80.7 Å². The number of aliphatic hydroxyl groups is 1. The molecule has 1 aliphatic heterocycles. The first-order valence-corrected chi connectivity index (χ1v) is 11.2. The van der Waals surface area contributed by atoms with E-state index in [4.69, 9.17) is 4.74 Å². The van der Waals surface area contributed by atoms with Gasteiger partial charge in [0.25, 0.3) is 0 Å². The monoisotopic (exact) mass is 413 g/mol. The molecule has 3 heterocycles. The van der Waals surface area contributed by atoms with Gasteiger partial charge < -0.3 is 15.2 Å². The molecular weight excluding hydrogens is 390 g/mol. The van der Waals surface area contributed by atoms with Crippen LogP contribution in [-0.4, -0.2) is 30.8 Å². The number of benzene rings is 1. The summed E-state index contributed by atoms with van der Waals surface area (Å²) < 4.78 is 5.53. The first-order chi connectivity index (χ1) is 13.7. The second-order valence-electron chi connectivity index (χ2n) is 7.09. The molecular formula is C22H23NO3S2. The van der Waals surface area contributed by atoms with E-state index in [0.717, 1.165) is 16.0 Å². The van der Waals surface area contributed by atoms with Gasteiger partial charge in [-0.2, -0.15) is 11.3 Å². The van der Waals surface area contributed by atoms with Crippen molar-refractivity contribution in [1.82, 2.24) is 5.32 Å². The maximum Gasteiger partial charge on any atom is 0.230 e. The highest BCUT2D eigenvalue weighted by atomic mass is 32.1. The Bertz CT molecular complexity index is 851. The normalized spacial score (nSPS) is 18.3. The zero-order chi connectivity index (χ0) is 19.5. The van der Waals surface area contributed by atoms with Gasteiger partial charge in [0.1, 0.15) is 5.60 Å². The minimum atomic E-state index is -1.23. The summed E-state index contributed by atoms with van der Waals surface area (Å²) in [5.41, 5.74) is -0.0378. The number of ether oxygens (including phenoxy) is 1. The standard InChI is InChI=1S/C22H23NO3S2/c24-20(21(9-11-26-12-10-21)17-5-2-1-3-6-17)23-16-22(25,18-8-14-27-15-18)19-7-4-13-28-19/h1-8,13-15,25H,9-12,16H2,(H,23,24)/t22-/m0/s1. The predicted octanol–water partition coefficient (Wildman–Crippen LogP) is 3.91. The number of thiophene rings is 2. The number of hydrogen-bond acceptors (Lipinski definition) is 5. The van der Waals surface area contributed by atoms with Gasteiger partial charge >= 0.3 is 0 Å². The third kappa shape index (κ3) is 3.53. The van der Waals surface area contributed by atoms with Crippen LogP contribution in [0.4, 0.5) is 0 Å². The maximum atomic E-state index is 13.4. The molecule has 1 aliphatic rings. The molecule has 0 aliphatic carbocycles. The number of carbonyl (C=O) groups is 1. The van der Waals surface area contributed by atoms with Crippen LogP contribution in [0.15, 0.2) is 64.7 Å². The molecule has 4 nitrogen and oxygen atoms in total. The highest BCUT2D eigenvalue weighted by Crippen LogP contribution is 2.37. The Labute approximate surface area is 172 Å². The van der Waals surface area contributed by atoms with Crippen LogP contribution in [0.1, 0.15) is 28.8 Å². The smallest absolute Gasteiger partial charge is 0.230 e. The Morgan fingerprint density at radius 1 is 1.11 bits per heavy atom. The lowest BCUT2D eigenvalue weighted by Crippen LogP contribution is -2.51. The lowest BCUT2D eigenvalue weighted by atomic mass is 9.73. The van der Waals surface area contributed by atoms with Gasteiger partial charge in [-0.3, -0.25) is 4.79 Å². The van der Waals surface area contributed by atoms with E-state index in [1.165, 1.54) is 22.7 Å². The fourth-order valence-corrected chi connectivity index (χ4v) is 5.42. The lowest BCUT2D eigenvalue weighted by Gasteiger charge is -2.37. The van der Waals surface area contributed by atoms with Crippen molar-refractivity contribution in [2.45, 2.75) is 23.9 Å². The van der Waals surface area contributed by atoms with Gasteiger partial charge in [0.15, 0.2) is 0 Å². The molecule has 4 rings (SSSR count). The number of rotatable bonds is 6. The Kier molecular flexibility index (Phi) is 5.64. The van der Waals surface area contributed by atoms with Crippen molar-refractivity contribution >= 4 is 28.6 Å². The number of nitrogens with one attached hydrogen (secondary N) is 1. The summed E-state index contributed by atoms with van der Waals surface area (Å²) in [6.45, 7) is 1.25. The minimum Gasteiger partial charge on any atom is -0.381 e. The molecule has 1 atom stereocenters. The second kappa shape index (κ2) is 8.17. The van der Waals surface area contributed by atoms with E-state index in [2.05, 4.69) is 5.32 Å². The Morgan fingerprint density at radius 3 is 2.54 bits per heavy atom. The Morgan fingerprint density at radius 2 is 1.89 bits per heavy atom. The largest absolute Gasteiger partial charge is 0.381 e. The van der Waals surface area contributed by atoms with Crippen LogP contribution >= 0.6 is 22.7 Å². The van der Waals surface area contributed by atoms with Crippen LogP contribution in [0.25, 0.3) is 0 Å². The summed E-state index contributed by atoms with van der Waals surface area (Å²) in [4.78, 5) is 14.3. The van der Waals surface area contributed by atoms with E-state index in [1.54, 1.807) is 0 Å². The molecule has 6 heteroatoms. The van der Waals surface area contributed by atoms with E-state index >= 15 is 0 Å². The van der Waals surface area contributed by atoms with Gasteiger partial charge in [-0.25, -0.2) is 0 Å². The molecule has 1 amide bonds. The predicted molar refractivity (Wildman–Crippen MR) is 113 cm³/mol. The van der Waals surface area contributed by atoms with E-state index in [0.29, 0.717) is 26.1 Å². The van der Waals surface area contributed by atoms with Gasteiger partial charge in [0.2, 0.25) is 5.91 Å². The van der Waals surface area contributed by atoms with E-state index < -0.39 is 11.0 Å². The molecule has 2 N–H and O–H groups in total. The van der Waals surface area contributed by atoms with E-state index in [-0.39, 0.29) is 12.5 Å². The minimum absolute atomic E-state index is 0.0489. The third-order valence-corrected chi connectivity index (χ3v) is 7.24. The van der Waals surface area contributed by atoms with E-state index in [9.17, 15) is 9.90 Å². The van der Waals surface area contributed by atoms with Crippen molar-refractivity contribution in [1.29, 1.82) is 0 Å². The SMILES string of the molecule is O=C(NC[C@](O)(c1ccsc1)c1cccs1)C1(c2ccccc2)CCOCC1. The molecule has 0 saturated carbocycles. The van der Waals surface area contributed by atoms with Gasteiger partial charge in [-0.05, 0) is 46.7 Å². The first kappa shape index (κ1) is 19.3. The van der Waals surface area contributed by atoms with Crippen LogP contribution in [0.5, 0.6) is 0 Å².